The normalized spacial score (nSPS) is 11.8. The minimum absolute atomic E-state index is 0. The summed E-state index contributed by atoms with van der Waals surface area (Å²) < 4.78 is 0. The van der Waals surface area contributed by atoms with E-state index in [4.69, 9.17) is 11.6 Å². The molecular formula is C8H14ClNaO2. The summed E-state index contributed by atoms with van der Waals surface area (Å²) in [4.78, 5) is 10.0. The summed E-state index contributed by atoms with van der Waals surface area (Å²) in [6.07, 6.45) is 4.03. The summed E-state index contributed by atoms with van der Waals surface area (Å²) in [7, 11) is 0. The second-order valence-corrected chi connectivity index (χ2v) is 3.29. The maximum absolute atomic E-state index is 10.0. The van der Waals surface area contributed by atoms with Crippen molar-refractivity contribution in [1.29, 1.82) is 0 Å². The average Bonchev–Trinajstić information content (AvgIpc) is 1.86. The van der Waals surface area contributed by atoms with E-state index >= 15 is 0 Å². The molecule has 0 rings (SSSR count). The van der Waals surface area contributed by atoms with Crippen LogP contribution in [0.4, 0.5) is 0 Å². The van der Waals surface area contributed by atoms with E-state index in [1.165, 1.54) is 0 Å². The number of carboxylic acids is 1. The zero-order chi connectivity index (χ0) is 8.69. The van der Waals surface area contributed by atoms with E-state index < -0.39 is 5.97 Å². The molecule has 0 radical (unpaired) electrons. The van der Waals surface area contributed by atoms with Gasteiger partial charge in [-0.2, -0.15) is 0 Å². The van der Waals surface area contributed by atoms with E-state index in [0.717, 1.165) is 25.7 Å². The maximum atomic E-state index is 10.0. The quantitative estimate of drug-likeness (QED) is 0.292. The molecule has 0 aliphatic carbocycles. The van der Waals surface area contributed by atoms with E-state index in [1.807, 2.05) is 0 Å². The van der Waals surface area contributed by atoms with Crippen LogP contribution >= 0.6 is 11.6 Å². The first-order chi connectivity index (χ1) is 5.16. The molecule has 12 heavy (non-hydrogen) atoms. The smallest absolute Gasteiger partial charge is 0.550 e. The third-order valence-corrected chi connectivity index (χ3v) is 1.88. The number of carbonyl (C=O) groups excluding carboxylic acids is 1. The molecule has 0 aliphatic rings. The third kappa shape index (κ3) is 10.8. The van der Waals surface area contributed by atoms with Crippen LogP contribution in [0.5, 0.6) is 0 Å². The fraction of sp³-hybridized carbons (Fsp3) is 0.875. The molecular weight excluding hydrogens is 187 g/mol. The van der Waals surface area contributed by atoms with Gasteiger partial charge in [0.25, 0.3) is 0 Å². The van der Waals surface area contributed by atoms with Crippen molar-refractivity contribution in [2.45, 2.75) is 44.4 Å². The van der Waals surface area contributed by atoms with Gasteiger partial charge in [0.2, 0.25) is 0 Å². The Bertz CT molecular complexity index is 120. The van der Waals surface area contributed by atoms with Gasteiger partial charge in [-0.25, -0.2) is 0 Å². The molecule has 0 spiro atoms. The van der Waals surface area contributed by atoms with Crippen LogP contribution in [0.2, 0.25) is 0 Å². The zero-order valence-corrected chi connectivity index (χ0v) is 10.6. The van der Waals surface area contributed by atoms with Crippen molar-refractivity contribution in [2.24, 2.45) is 0 Å². The maximum Gasteiger partial charge on any atom is 1.00 e. The Labute approximate surface area is 101 Å². The second-order valence-electron chi connectivity index (χ2n) is 2.67. The van der Waals surface area contributed by atoms with Gasteiger partial charge in [0.15, 0.2) is 0 Å². The summed E-state index contributed by atoms with van der Waals surface area (Å²) >= 11 is 5.69. The number of carbonyl (C=O) groups is 1. The Balaban J connectivity index is 0. The largest absolute Gasteiger partial charge is 1.00 e. The second kappa shape index (κ2) is 9.85. The van der Waals surface area contributed by atoms with Crippen LogP contribution in [-0.2, 0) is 4.79 Å². The molecule has 4 heteroatoms. The fourth-order valence-corrected chi connectivity index (χ4v) is 1.18. The van der Waals surface area contributed by atoms with Crippen LogP contribution in [0, 0.1) is 0 Å². The first-order valence-electron chi connectivity index (χ1n) is 4.00. The standard InChI is InChI=1S/C8H15ClO2.Na/c1-2-3-4-5-7(9)6-8(10)11;/h7H,2-6H2,1H3,(H,10,11);/q;+1/p-1. The monoisotopic (exact) mass is 200 g/mol. The van der Waals surface area contributed by atoms with Crippen molar-refractivity contribution in [3.8, 4) is 0 Å². The summed E-state index contributed by atoms with van der Waals surface area (Å²) in [6.45, 7) is 2.10. The number of carboxylic acid groups (broad SMARTS) is 1. The van der Waals surface area contributed by atoms with Crippen LogP contribution < -0.4 is 34.7 Å². The van der Waals surface area contributed by atoms with Crippen molar-refractivity contribution in [3.05, 3.63) is 0 Å². The number of halogens is 1. The first kappa shape index (κ1) is 15.2. The molecule has 0 N–H and O–H groups in total. The molecule has 0 aromatic heterocycles. The molecule has 0 bridgehead atoms. The average molecular weight is 201 g/mol. The number of hydrogen-bond donors (Lipinski definition) is 0. The molecule has 66 valence electrons. The van der Waals surface area contributed by atoms with Gasteiger partial charge in [-0.15, -0.1) is 11.6 Å². The number of aliphatic carboxylic acids is 1. The Morgan fingerprint density at radius 2 is 2.08 bits per heavy atom. The van der Waals surface area contributed by atoms with Crippen LogP contribution in [0.3, 0.4) is 0 Å². The Hall–Kier alpha value is 0.760. The third-order valence-electron chi connectivity index (χ3n) is 1.51. The van der Waals surface area contributed by atoms with Crippen LogP contribution in [0.25, 0.3) is 0 Å². The van der Waals surface area contributed by atoms with E-state index in [2.05, 4.69) is 6.92 Å². The Morgan fingerprint density at radius 3 is 2.50 bits per heavy atom. The first-order valence-corrected chi connectivity index (χ1v) is 4.44. The van der Waals surface area contributed by atoms with Crippen molar-refractivity contribution in [3.63, 3.8) is 0 Å². The summed E-state index contributed by atoms with van der Waals surface area (Å²) in [6, 6.07) is 0. The topological polar surface area (TPSA) is 40.1 Å². The van der Waals surface area contributed by atoms with E-state index in [1.54, 1.807) is 0 Å². The van der Waals surface area contributed by atoms with E-state index in [0.29, 0.717) is 0 Å². The molecule has 0 amide bonds. The van der Waals surface area contributed by atoms with Gasteiger partial charge in [0.05, 0.1) is 0 Å². The number of rotatable bonds is 6. The molecule has 0 fully saturated rings. The molecule has 0 aliphatic heterocycles. The summed E-state index contributed by atoms with van der Waals surface area (Å²) in [5.41, 5.74) is 0. The Morgan fingerprint density at radius 1 is 1.50 bits per heavy atom. The molecule has 2 nitrogen and oxygen atoms in total. The minimum atomic E-state index is -1.05. The van der Waals surface area contributed by atoms with Crippen molar-refractivity contribution < 1.29 is 39.5 Å². The van der Waals surface area contributed by atoms with E-state index in [-0.39, 0.29) is 41.4 Å². The molecule has 1 atom stereocenters. The number of unbranched alkanes of at least 4 members (excludes halogenated alkanes) is 2. The van der Waals surface area contributed by atoms with Crippen molar-refractivity contribution in [2.75, 3.05) is 0 Å². The van der Waals surface area contributed by atoms with Gasteiger partial charge >= 0.3 is 29.6 Å². The molecule has 1 unspecified atom stereocenters. The molecule has 0 saturated carbocycles. The summed E-state index contributed by atoms with van der Waals surface area (Å²) in [5.74, 6) is -1.05. The number of hydrogen-bond acceptors (Lipinski definition) is 2. The molecule has 0 saturated heterocycles. The Kier molecular flexibility index (Phi) is 12.5. The van der Waals surface area contributed by atoms with Crippen LogP contribution in [0.15, 0.2) is 0 Å². The predicted molar refractivity (Wildman–Crippen MR) is 43.4 cm³/mol. The SMILES string of the molecule is CCCCCC(Cl)CC(=O)[O-].[Na+]. The van der Waals surface area contributed by atoms with Gasteiger partial charge in [-0.1, -0.05) is 26.2 Å². The fourth-order valence-electron chi connectivity index (χ4n) is 0.899. The zero-order valence-electron chi connectivity index (χ0n) is 7.81. The predicted octanol–water partition coefficient (Wildman–Crippen LogP) is -1.68. The number of alkyl halides is 1. The van der Waals surface area contributed by atoms with Crippen molar-refractivity contribution >= 4 is 17.6 Å². The molecule has 0 heterocycles. The molecule has 0 aromatic rings. The van der Waals surface area contributed by atoms with Gasteiger partial charge < -0.3 is 9.90 Å². The van der Waals surface area contributed by atoms with Gasteiger partial charge in [0.1, 0.15) is 0 Å². The van der Waals surface area contributed by atoms with Crippen LogP contribution in [-0.4, -0.2) is 11.3 Å². The van der Waals surface area contributed by atoms with Crippen LogP contribution in [0.1, 0.15) is 39.0 Å². The minimum Gasteiger partial charge on any atom is -0.550 e. The summed E-state index contributed by atoms with van der Waals surface area (Å²) in [5, 5.41) is 9.80. The van der Waals surface area contributed by atoms with Gasteiger partial charge in [0, 0.05) is 17.8 Å². The van der Waals surface area contributed by atoms with Gasteiger partial charge in [-0.3, -0.25) is 0 Å². The van der Waals surface area contributed by atoms with Gasteiger partial charge in [-0.05, 0) is 6.42 Å². The van der Waals surface area contributed by atoms with E-state index in [9.17, 15) is 9.90 Å². The molecule has 0 aromatic carbocycles. The van der Waals surface area contributed by atoms with Crippen molar-refractivity contribution in [1.82, 2.24) is 0 Å².